The van der Waals surface area contributed by atoms with E-state index in [-0.39, 0.29) is 13.0 Å². The number of nitrogens with two attached hydrogens (primary N) is 1. The fourth-order valence-corrected chi connectivity index (χ4v) is 1.86. The van der Waals surface area contributed by atoms with Crippen LogP contribution in [0.1, 0.15) is 25.0 Å². The first-order valence-electron chi connectivity index (χ1n) is 7.62. The molecule has 0 spiro atoms. The van der Waals surface area contributed by atoms with Crippen molar-refractivity contribution in [1.82, 2.24) is 15.6 Å². The Labute approximate surface area is 140 Å². The van der Waals surface area contributed by atoms with E-state index >= 15 is 0 Å². The van der Waals surface area contributed by atoms with Crippen LogP contribution in [-0.2, 0) is 20.9 Å². The van der Waals surface area contributed by atoms with Crippen LogP contribution in [0.5, 0.6) is 0 Å². The molecule has 1 aromatic rings. The predicted octanol–water partition coefficient (Wildman–Crippen LogP) is -0.0476. The maximum atomic E-state index is 11.7. The molecular formula is C16H22N4O4. The lowest BCUT2D eigenvalue weighted by atomic mass is 10.1. The van der Waals surface area contributed by atoms with Crippen LogP contribution in [-0.4, -0.2) is 40.5 Å². The summed E-state index contributed by atoms with van der Waals surface area (Å²) in [6.07, 6.45) is 5.25. The molecule has 0 saturated heterocycles. The summed E-state index contributed by atoms with van der Waals surface area (Å²) in [7, 11) is 0. The van der Waals surface area contributed by atoms with Crippen molar-refractivity contribution in [3.63, 3.8) is 0 Å². The quantitative estimate of drug-likeness (QED) is 0.350. The molecule has 8 heteroatoms. The summed E-state index contributed by atoms with van der Waals surface area (Å²) in [5, 5.41) is 14.0. The van der Waals surface area contributed by atoms with E-state index in [1.165, 1.54) is 0 Å². The number of carboxylic acid groups (broad SMARTS) is 1. The molecule has 0 unspecified atom stereocenters. The van der Waals surface area contributed by atoms with Gasteiger partial charge in [-0.05, 0) is 37.9 Å². The van der Waals surface area contributed by atoms with E-state index in [0.717, 1.165) is 12.2 Å². The average molecular weight is 334 g/mol. The molecule has 0 aliphatic heterocycles. The van der Waals surface area contributed by atoms with Gasteiger partial charge in [0.05, 0.1) is 12.2 Å². The number of nitrogens with one attached hydrogen (secondary N) is 2. The zero-order valence-electron chi connectivity index (χ0n) is 13.3. The highest BCUT2D eigenvalue weighted by molar-refractivity contribution is 5.97. The Kier molecular flexibility index (Phi) is 8.77. The van der Waals surface area contributed by atoms with Gasteiger partial charge in [0, 0.05) is 18.3 Å². The topological polar surface area (TPSA) is 134 Å². The van der Waals surface area contributed by atoms with Gasteiger partial charge in [0.1, 0.15) is 6.04 Å². The zero-order chi connectivity index (χ0) is 17.8. The second kappa shape index (κ2) is 10.9. The van der Waals surface area contributed by atoms with Crippen molar-refractivity contribution in [3.05, 3.63) is 42.2 Å². The second-order valence-electron chi connectivity index (χ2n) is 5.06. The van der Waals surface area contributed by atoms with Gasteiger partial charge in [-0.3, -0.25) is 14.6 Å². The van der Waals surface area contributed by atoms with E-state index in [9.17, 15) is 14.4 Å². The maximum absolute atomic E-state index is 11.7. The summed E-state index contributed by atoms with van der Waals surface area (Å²) < 4.78 is 0. The molecule has 0 aromatic carbocycles. The van der Waals surface area contributed by atoms with Crippen LogP contribution in [0, 0.1) is 0 Å². The Bertz CT molecular complexity index is 575. The number of carboxylic acids is 1. The van der Waals surface area contributed by atoms with E-state index in [1.807, 2.05) is 0 Å². The van der Waals surface area contributed by atoms with Gasteiger partial charge in [0.2, 0.25) is 11.8 Å². The van der Waals surface area contributed by atoms with Gasteiger partial charge in [-0.1, -0.05) is 6.07 Å². The Hall–Kier alpha value is -2.74. The molecule has 0 saturated carbocycles. The number of carbonyl (C=O) groups excluding carboxylic acids is 2. The lowest BCUT2D eigenvalue weighted by Crippen LogP contribution is -2.40. The first kappa shape index (κ1) is 19.3. The lowest BCUT2D eigenvalue weighted by Gasteiger charge is -2.12. The number of nitrogens with zero attached hydrogens (tertiary/aromatic N) is 1. The standard InChI is InChI=1S/C16H22N4O4/c17-9-3-1-6-13(16(23)24)20-15(22)8-7-14(21)19-11-12-5-2-4-10-18-12/h2,4-5,7-8,10,13H,1,3,6,9,11,17H2,(H,19,21)(H,20,22)(H,23,24)/b8-7+/t13-/m0/s1. The number of hydrogen-bond acceptors (Lipinski definition) is 5. The summed E-state index contributed by atoms with van der Waals surface area (Å²) in [5.74, 6) is -2.22. The summed E-state index contributed by atoms with van der Waals surface area (Å²) in [6, 6.07) is 4.33. The number of rotatable bonds is 10. The lowest BCUT2D eigenvalue weighted by molar-refractivity contribution is -0.141. The molecule has 130 valence electrons. The van der Waals surface area contributed by atoms with Crippen molar-refractivity contribution in [2.45, 2.75) is 31.8 Å². The number of carbonyl (C=O) groups is 3. The predicted molar refractivity (Wildman–Crippen MR) is 87.7 cm³/mol. The Morgan fingerprint density at radius 3 is 2.58 bits per heavy atom. The summed E-state index contributed by atoms with van der Waals surface area (Å²) >= 11 is 0. The second-order valence-corrected chi connectivity index (χ2v) is 5.06. The number of aromatic nitrogens is 1. The third kappa shape index (κ3) is 8.04. The fourth-order valence-electron chi connectivity index (χ4n) is 1.86. The summed E-state index contributed by atoms with van der Waals surface area (Å²) in [6.45, 7) is 0.707. The molecule has 0 bridgehead atoms. The van der Waals surface area contributed by atoms with Crippen LogP contribution >= 0.6 is 0 Å². The minimum atomic E-state index is -1.12. The van der Waals surface area contributed by atoms with E-state index in [2.05, 4.69) is 15.6 Å². The van der Waals surface area contributed by atoms with Gasteiger partial charge >= 0.3 is 5.97 Å². The maximum Gasteiger partial charge on any atom is 0.326 e. The number of aliphatic carboxylic acids is 1. The first-order chi connectivity index (χ1) is 11.5. The van der Waals surface area contributed by atoms with Gasteiger partial charge in [-0.25, -0.2) is 4.79 Å². The Morgan fingerprint density at radius 2 is 1.96 bits per heavy atom. The Morgan fingerprint density at radius 1 is 1.21 bits per heavy atom. The molecule has 8 nitrogen and oxygen atoms in total. The molecule has 2 amide bonds. The van der Waals surface area contributed by atoms with E-state index in [1.54, 1.807) is 24.4 Å². The monoisotopic (exact) mass is 334 g/mol. The van der Waals surface area contributed by atoms with Crippen LogP contribution in [0.3, 0.4) is 0 Å². The van der Waals surface area contributed by atoms with Gasteiger partial charge in [0.15, 0.2) is 0 Å². The minimum Gasteiger partial charge on any atom is -0.480 e. The van der Waals surface area contributed by atoms with Gasteiger partial charge < -0.3 is 21.5 Å². The third-order valence-electron chi connectivity index (χ3n) is 3.12. The van der Waals surface area contributed by atoms with Crippen molar-refractivity contribution >= 4 is 17.8 Å². The van der Waals surface area contributed by atoms with Gasteiger partial charge in [-0.15, -0.1) is 0 Å². The van der Waals surface area contributed by atoms with Crippen LogP contribution in [0.25, 0.3) is 0 Å². The SMILES string of the molecule is NCCCC[C@H](NC(=O)/C=C/C(=O)NCc1ccccn1)C(=O)O. The molecule has 24 heavy (non-hydrogen) atoms. The van der Waals surface area contributed by atoms with Crippen molar-refractivity contribution < 1.29 is 19.5 Å². The molecule has 5 N–H and O–H groups in total. The highest BCUT2D eigenvalue weighted by Crippen LogP contribution is 2.01. The molecule has 1 aromatic heterocycles. The molecule has 0 radical (unpaired) electrons. The van der Waals surface area contributed by atoms with Gasteiger partial charge in [-0.2, -0.15) is 0 Å². The van der Waals surface area contributed by atoms with Gasteiger partial charge in [0.25, 0.3) is 0 Å². The van der Waals surface area contributed by atoms with E-state index in [0.29, 0.717) is 25.1 Å². The normalized spacial score (nSPS) is 11.9. The smallest absolute Gasteiger partial charge is 0.326 e. The molecule has 1 heterocycles. The average Bonchev–Trinajstić information content (AvgIpc) is 2.58. The van der Waals surface area contributed by atoms with E-state index in [4.69, 9.17) is 10.8 Å². The Balaban J connectivity index is 2.39. The number of pyridine rings is 1. The minimum absolute atomic E-state index is 0.239. The molecule has 1 rings (SSSR count). The van der Waals surface area contributed by atoms with E-state index < -0.39 is 23.8 Å². The van der Waals surface area contributed by atoms with Crippen LogP contribution < -0.4 is 16.4 Å². The fraction of sp³-hybridized carbons (Fsp3) is 0.375. The first-order valence-corrected chi connectivity index (χ1v) is 7.62. The highest BCUT2D eigenvalue weighted by atomic mass is 16.4. The summed E-state index contributed by atoms with van der Waals surface area (Å²) in [4.78, 5) is 38.4. The van der Waals surface area contributed by atoms with Crippen molar-refractivity contribution in [1.29, 1.82) is 0 Å². The van der Waals surface area contributed by atoms with Crippen molar-refractivity contribution in [2.24, 2.45) is 5.73 Å². The van der Waals surface area contributed by atoms with Crippen LogP contribution in [0.2, 0.25) is 0 Å². The largest absolute Gasteiger partial charge is 0.480 e. The van der Waals surface area contributed by atoms with Crippen LogP contribution in [0.4, 0.5) is 0 Å². The molecule has 1 atom stereocenters. The third-order valence-corrected chi connectivity index (χ3v) is 3.12. The molecule has 0 aliphatic carbocycles. The number of amides is 2. The molecule has 0 aliphatic rings. The molecular weight excluding hydrogens is 312 g/mol. The highest BCUT2D eigenvalue weighted by Gasteiger charge is 2.18. The van der Waals surface area contributed by atoms with Crippen molar-refractivity contribution in [3.8, 4) is 0 Å². The summed E-state index contributed by atoms with van der Waals surface area (Å²) in [5.41, 5.74) is 6.04. The van der Waals surface area contributed by atoms with Crippen molar-refractivity contribution in [2.75, 3.05) is 6.54 Å². The number of unbranched alkanes of at least 4 members (excludes halogenated alkanes) is 1. The zero-order valence-corrected chi connectivity index (χ0v) is 13.3. The number of hydrogen-bond donors (Lipinski definition) is 4. The van der Waals surface area contributed by atoms with Crippen LogP contribution in [0.15, 0.2) is 36.5 Å². The molecule has 0 fully saturated rings.